The lowest BCUT2D eigenvalue weighted by molar-refractivity contribution is -0.384. The maximum atomic E-state index is 12.3. The SMILES string of the molecule is O=C(NCCc1ccc2c(c1)OCO2)c1ccn(-c2cccc([N+](=O)[O-])c2)n1. The Morgan fingerprint density at radius 1 is 1.18 bits per heavy atom. The molecule has 1 aliphatic heterocycles. The summed E-state index contributed by atoms with van der Waals surface area (Å²) in [5.74, 6) is 1.11. The van der Waals surface area contributed by atoms with Crippen molar-refractivity contribution in [2.75, 3.05) is 13.3 Å². The predicted molar refractivity (Wildman–Crippen MR) is 98.8 cm³/mol. The maximum absolute atomic E-state index is 12.3. The predicted octanol–water partition coefficient (Wildman–Crippen LogP) is 2.48. The van der Waals surface area contributed by atoms with Crippen LogP contribution < -0.4 is 14.8 Å². The van der Waals surface area contributed by atoms with Gasteiger partial charge < -0.3 is 14.8 Å². The van der Waals surface area contributed by atoms with Crippen LogP contribution in [0.5, 0.6) is 11.5 Å². The number of ether oxygens (including phenoxy) is 2. The third kappa shape index (κ3) is 3.63. The first-order valence-electron chi connectivity index (χ1n) is 8.57. The van der Waals surface area contributed by atoms with Crippen LogP contribution in [0.4, 0.5) is 5.69 Å². The molecular weight excluding hydrogens is 364 g/mol. The summed E-state index contributed by atoms with van der Waals surface area (Å²) in [6.45, 7) is 0.658. The fraction of sp³-hybridized carbons (Fsp3) is 0.158. The molecule has 1 N–H and O–H groups in total. The van der Waals surface area contributed by atoms with E-state index in [1.807, 2.05) is 18.2 Å². The molecule has 4 rings (SSSR count). The Morgan fingerprint density at radius 2 is 2.04 bits per heavy atom. The van der Waals surface area contributed by atoms with E-state index in [0.717, 1.165) is 11.3 Å². The number of carbonyl (C=O) groups excluding carboxylic acids is 1. The average Bonchev–Trinajstić information content (AvgIpc) is 3.37. The Labute approximate surface area is 159 Å². The molecule has 28 heavy (non-hydrogen) atoms. The highest BCUT2D eigenvalue weighted by atomic mass is 16.7. The van der Waals surface area contributed by atoms with Gasteiger partial charge in [0.05, 0.1) is 10.6 Å². The van der Waals surface area contributed by atoms with Crippen LogP contribution in [-0.4, -0.2) is 33.9 Å². The third-order valence-electron chi connectivity index (χ3n) is 4.26. The van der Waals surface area contributed by atoms with Crippen molar-refractivity contribution in [1.82, 2.24) is 15.1 Å². The van der Waals surface area contributed by atoms with Crippen LogP contribution in [0.2, 0.25) is 0 Å². The van der Waals surface area contributed by atoms with E-state index in [1.165, 1.54) is 16.8 Å². The molecule has 3 aromatic rings. The molecule has 9 nitrogen and oxygen atoms in total. The number of carbonyl (C=O) groups is 1. The third-order valence-corrected chi connectivity index (χ3v) is 4.26. The molecule has 0 spiro atoms. The number of hydrogen-bond donors (Lipinski definition) is 1. The van der Waals surface area contributed by atoms with Crippen LogP contribution in [0.3, 0.4) is 0 Å². The Hall–Kier alpha value is -3.88. The van der Waals surface area contributed by atoms with Gasteiger partial charge >= 0.3 is 0 Å². The Morgan fingerprint density at radius 3 is 2.89 bits per heavy atom. The zero-order valence-electron chi connectivity index (χ0n) is 14.7. The van der Waals surface area contributed by atoms with Crippen LogP contribution in [-0.2, 0) is 6.42 Å². The van der Waals surface area contributed by atoms with Crippen LogP contribution >= 0.6 is 0 Å². The number of nitro benzene ring substituents is 1. The summed E-state index contributed by atoms with van der Waals surface area (Å²) in [6.07, 6.45) is 2.22. The van der Waals surface area contributed by atoms with Crippen molar-refractivity contribution in [1.29, 1.82) is 0 Å². The van der Waals surface area contributed by atoms with Crippen LogP contribution in [0.1, 0.15) is 16.1 Å². The van der Waals surface area contributed by atoms with E-state index in [2.05, 4.69) is 10.4 Å². The lowest BCUT2D eigenvalue weighted by atomic mass is 10.1. The summed E-state index contributed by atoms with van der Waals surface area (Å²) in [5.41, 5.74) is 1.72. The van der Waals surface area contributed by atoms with Crippen molar-refractivity contribution in [3.8, 4) is 17.2 Å². The molecule has 1 aromatic heterocycles. The van der Waals surface area contributed by atoms with Gasteiger partial charge in [0.1, 0.15) is 0 Å². The second kappa shape index (κ2) is 7.39. The Bertz CT molecular complexity index is 1050. The van der Waals surface area contributed by atoms with Crippen molar-refractivity contribution < 1.29 is 19.2 Å². The lowest BCUT2D eigenvalue weighted by Gasteiger charge is -2.05. The zero-order valence-corrected chi connectivity index (χ0v) is 14.7. The second-order valence-corrected chi connectivity index (χ2v) is 6.12. The monoisotopic (exact) mass is 380 g/mol. The van der Waals surface area contributed by atoms with Crippen molar-refractivity contribution in [2.24, 2.45) is 0 Å². The minimum Gasteiger partial charge on any atom is -0.454 e. The van der Waals surface area contributed by atoms with Gasteiger partial charge in [-0.05, 0) is 36.2 Å². The number of fused-ring (bicyclic) bond motifs is 1. The second-order valence-electron chi connectivity index (χ2n) is 6.12. The van der Waals surface area contributed by atoms with Gasteiger partial charge in [0.15, 0.2) is 17.2 Å². The fourth-order valence-corrected chi connectivity index (χ4v) is 2.85. The van der Waals surface area contributed by atoms with Gasteiger partial charge in [-0.2, -0.15) is 5.10 Å². The molecule has 0 unspecified atom stereocenters. The van der Waals surface area contributed by atoms with Crippen molar-refractivity contribution in [3.63, 3.8) is 0 Å². The molecule has 9 heteroatoms. The van der Waals surface area contributed by atoms with Crippen molar-refractivity contribution >= 4 is 11.6 Å². The van der Waals surface area contributed by atoms with Gasteiger partial charge in [-0.1, -0.05) is 12.1 Å². The highest BCUT2D eigenvalue weighted by Gasteiger charge is 2.14. The van der Waals surface area contributed by atoms with E-state index in [-0.39, 0.29) is 24.1 Å². The van der Waals surface area contributed by atoms with Gasteiger partial charge in [0, 0.05) is 24.9 Å². The molecule has 2 heterocycles. The molecule has 142 valence electrons. The summed E-state index contributed by atoms with van der Waals surface area (Å²) < 4.78 is 12.0. The quantitative estimate of drug-likeness (QED) is 0.520. The topological polar surface area (TPSA) is 109 Å². The zero-order chi connectivity index (χ0) is 19.5. The van der Waals surface area contributed by atoms with Crippen molar-refractivity contribution in [3.05, 3.63) is 76.1 Å². The van der Waals surface area contributed by atoms with Gasteiger partial charge in [0.25, 0.3) is 11.6 Å². The number of nitro groups is 1. The van der Waals surface area contributed by atoms with E-state index in [1.54, 1.807) is 24.4 Å². The Kier molecular flexibility index (Phi) is 4.63. The first-order valence-corrected chi connectivity index (χ1v) is 8.57. The number of hydrogen-bond acceptors (Lipinski definition) is 6. The van der Waals surface area contributed by atoms with E-state index in [4.69, 9.17) is 9.47 Å². The van der Waals surface area contributed by atoms with Gasteiger partial charge in [-0.15, -0.1) is 0 Å². The fourth-order valence-electron chi connectivity index (χ4n) is 2.85. The molecule has 2 aromatic carbocycles. The normalized spacial score (nSPS) is 12.0. The number of non-ortho nitro benzene ring substituents is 1. The molecule has 0 atom stereocenters. The van der Waals surface area contributed by atoms with E-state index in [9.17, 15) is 14.9 Å². The van der Waals surface area contributed by atoms with Crippen molar-refractivity contribution in [2.45, 2.75) is 6.42 Å². The summed E-state index contributed by atoms with van der Waals surface area (Å²) in [6, 6.07) is 13.3. The lowest BCUT2D eigenvalue weighted by Crippen LogP contribution is -2.26. The molecule has 1 aliphatic rings. The van der Waals surface area contributed by atoms with E-state index >= 15 is 0 Å². The number of aromatic nitrogens is 2. The molecular formula is C19H16N4O5. The standard InChI is InChI=1S/C19H16N4O5/c24-19(20-8-6-13-4-5-17-18(10-13)28-12-27-17)16-7-9-22(21-16)14-2-1-3-15(11-14)23(25)26/h1-5,7,9-11H,6,8,12H2,(H,20,24). The minimum absolute atomic E-state index is 0.0391. The summed E-state index contributed by atoms with van der Waals surface area (Å²) >= 11 is 0. The number of rotatable bonds is 6. The van der Waals surface area contributed by atoms with Crippen LogP contribution in [0.25, 0.3) is 5.69 Å². The first-order chi connectivity index (χ1) is 13.6. The number of nitrogens with one attached hydrogen (secondary N) is 1. The highest BCUT2D eigenvalue weighted by molar-refractivity contribution is 5.92. The smallest absolute Gasteiger partial charge is 0.271 e. The van der Waals surface area contributed by atoms with Gasteiger partial charge in [0.2, 0.25) is 6.79 Å². The molecule has 1 amide bonds. The first kappa shape index (κ1) is 17.5. The van der Waals surface area contributed by atoms with E-state index in [0.29, 0.717) is 24.4 Å². The summed E-state index contributed by atoms with van der Waals surface area (Å²) in [5, 5.41) is 17.9. The molecule has 0 saturated carbocycles. The summed E-state index contributed by atoms with van der Waals surface area (Å²) in [4.78, 5) is 22.7. The molecule has 0 aliphatic carbocycles. The van der Waals surface area contributed by atoms with Crippen LogP contribution in [0.15, 0.2) is 54.7 Å². The molecule has 0 saturated heterocycles. The summed E-state index contributed by atoms with van der Waals surface area (Å²) in [7, 11) is 0. The number of nitrogens with zero attached hydrogens (tertiary/aromatic N) is 3. The van der Waals surface area contributed by atoms with Gasteiger partial charge in [-0.3, -0.25) is 14.9 Å². The van der Waals surface area contributed by atoms with Crippen LogP contribution in [0, 0.1) is 10.1 Å². The number of amides is 1. The highest BCUT2D eigenvalue weighted by Crippen LogP contribution is 2.32. The molecule has 0 fully saturated rings. The number of benzene rings is 2. The molecule has 0 radical (unpaired) electrons. The average molecular weight is 380 g/mol. The minimum atomic E-state index is -0.475. The largest absolute Gasteiger partial charge is 0.454 e. The molecule has 0 bridgehead atoms. The maximum Gasteiger partial charge on any atom is 0.271 e. The Balaban J connectivity index is 1.37. The van der Waals surface area contributed by atoms with Gasteiger partial charge in [-0.25, -0.2) is 4.68 Å². The van der Waals surface area contributed by atoms with E-state index < -0.39 is 4.92 Å².